The van der Waals surface area contributed by atoms with Crippen molar-refractivity contribution in [3.63, 3.8) is 0 Å². The normalized spacial score (nSPS) is 10.6. The maximum Gasteiger partial charge on any atom is 0.257 e. The first kappa shape index (κ1) is 19.9. The zero-order valence-electron chi connectivity index (χ0n) is 17.1. The van der Waals surface area contributed by atoms with Gasteiger partial charge in [-0.1, -0.05) is 18.2 Å². The van der Waals surface area contributed by atoms with Crippen molar-refractivity contribution in [3.05, 3.63) is 90.0 Å². The van der Waals surface area contributed by atoms with Crippen molar-refractivity contribution in [1.82, 2.24) is 30.2 Å². The fourth-order valence-corrected chi connectivity index (χ4v) is 3.41. The second-order valence-corrected chi connectivity index (χ2v) is 7.10. The molecule has 0 saturated carbocycles. The SMILES string of the molecule is N#Cc1cccc(COc2ccc(NC(=O)c3cccc4[nH]cnc34)cc2-n2cnnn2)c1. The second kappa shape index (κ2) is 8.60. The molecule has 0 atom stereocenters. The van der Waals surface area contributed by atoms with Gasteiger partial charge in [-0.25, -0.2) is 4.98 Å². The summed E-state index contributed by atoms with van der Waals surface area (Å²) in [6.07, 6.45) is 2.99. The summed E-state index contributed by atoms with van der Waals surface area (Å²) in [5, 5.41) is 23.3. The molecule has 5 aromatic rings. The third kappa shape index (κ3) is 4.11. The smallest absolute Gasteiger partial charge is 0.257 e. The van der Waals surface area contributed by atoms with Crippen LogP contribution in [0.4, 0.5) is 5.69 Å². The van der Waals surface area contributed by atoms with Crippen molar-refractivity contribution in [2.24, 2.45) is 0 Å². The van der Waals surface area contributed by atoms with E-state index in [1.165, 1.54) is 11.0 Å². The van der Waals surface area contributed by atoms with Crippen LogP contribution < -0.4 is 10.1 Å². The molecule has 0 aliphatic carbocycles. The van der Waals surface area contributed by atoms with E-state index in [0.717, 1.165) is 11.1 Å². The Hall–Kier alpha value is -5.04. The average Bonchev–Trinajstić information content (AvgIpc) is 3.55. The number of H-pyrrole nitrogens is 1. The number of tetrazole rings is 1. The Morgan fingerprint density at radius 3 is 2.91 bits per heavy atom. The predicted molar refractivity (Wildman–Crippen MR) is 119 cm³/mol. The van der Waals surface area contributed by atoms with Gasteiger partial charge < -0.3 is 15.0 Å². The number of benzene rings is 3. The van der Waals surface area contributed by atoms with E-state index in [1.54, 1.807) is 54.9 Å². The van der Waals surface area contributed by atoms with E-state index < -0.39 is 0 Å². The lowest BCUT2D eigenvalue weighted by atomic mass is 10.1. The fraction of sp³-hybridized carbons (Fsp3) is 0.0435. The number of nitrogens with one attached hydrogen (secondary N) is 2. The minimum absolute atomic E-state index is 0.248. The summed E-state index contributed by atoms with van der Waals surface area (Å²) in [6.45, 7) is 0.248. The molecule has 0 saturated heterocycles. The summed E-state index contributed by atoms with van der Waals surface area (Å²) < 4.78 is 7.44. The van der Waals surface area contributed by atoms with E-state index in [9.17, 15) is 4.79 Å². The number of rotatable bonds is 6. The number of imidazole rings is 1. The monoisotopic (exact) mass is 436 g/mol. The number of hydrogen-bond acceptors (Lipinski definition) is 7. The van der Waals surface area contributed by atoms with Crippen LogP contribution >= 0.6 is 0 Å². The summed E-state index contributed by atoms with van der Waals surface area (Å²) in [5.74, 6) is 0.217. The van der Waals surface area contributed by atoms with Crippen LogP contribution in [0.25, 0.3) is 16.7 Å². The van der Waals surface area contributed by atoms with Crippen molar-refractivity contribution in [2.75, 3.05) is 5.32 Å². The lowest BCUT2D eigenvalue weighted by molar-refractivity contribution is 0.102. The van der Waals surface area contributed by atoms with E-state index in [4.69, 9.17) is 10.00 Å². The highest BCUT2D eigenvalue weighted by molar-refractivity contribution is 6.11. The van der Waals surface area contributed by atoms with E-state index in [-0.39, 0.29) is 12.5 Å². The zero-order chi connectivity index (χ0) is 22.6. The third-order valence-electron chi connectivity index (χ3n) is 4.96. The fourth-order valence-electron chi connectivity index (χ4n) is 3.41. The summed E-state index contributed by atoms with van der Waals surface area (Å²) in [6, 6.07) is 19.8. The summed E-state index contributed by atoms with van der Waals surface area (Å²) in [7, 11) is 0. The van der Waals surface area contributed by atoms with Gasteiger partial charge in [0.1, 0.15) is 29.9 Å². The highest BCUT2D eigenvalue weighted by Gasteiger charge is 2.15. The zero-order valence-corrected chi connectivity index (χ0v) is 17.1. The molecule has 3 aromatic carbocycles. The number of aromatic amines is 1. The molecule has 2 aromatic heterocycles. The van der Waals surface area contributed by atoms with E-state index in [2.05, 4.69) is 36.9 Å². The molecule has 2 heterocycles. The number of anilines is 1. The molecule has 0 spiro atoms. The number of para-hydroxylation sites is 1. The maximum absolute atomic E-state index is 12.9. The number of carbonyl (C=O) groups excluding carboxylic acids is 1. The van der Waals surface area contributed by atoms with Crippen molar-refractivity contribution in [2.45, 2.75) is 6.61 Å². The van der Waals surface area contributed by atoms with Gasteiger partial charge in [0.05, 0.1) is 29.0 Å². The Morgan fingerprint density at radius 2 is 2.06 bits per heavy atom. The van der Waals surface area contributed by atoms with Crippen molar-refractivity contribution in [3.8, 4) is 17.5 Å². The second-order valence-electron chi connectivity index (χ2n) is 7.10. The van der Waals surface area contributed by atoms with Gasteiger partial charge in [0, 0.05) is 5.69 Å². The molecule has 0 fully saturated rings. The first-order valence-electron chi connectivity index (χ1n) is 9.94. The minimum Gasteiger partial charge on any atom is -0.487 e. The first-order valence-corrected chi connectivity index (χ1v) is 9.94. The molecular formula is C23H16N8O2. The van der Waals surface area contributed by atoms with Crippen molar-refractivity contribution >= 4 is 22.6 Å². The Balaban J connectivity index is 1.41. The molecule has 10 heteroatoms. The molecule has 0 aliphatic heterocycles. The molecule has 0 bridgehead atoms. The van der Waals surface area contributed by atoms with Crippen LogP contribution in [0.1, 0.15) is 21.5 Å². The van der Waals surface area contributed by atoms with Gasteiger partial charge in [0.15, 0.2) is 0 Å². The first-order chi connectivity index (χ1) is 16.2. The van der Waals surface area contributed by atoms with E-state index in [0.29, 0.717) is 33.8 Å². The molecule has 5 rings (SSSR count). The van der Waals surface area contributed by atoms with Crippen LogP contribution in [0.2, 0.25) is 0 Å². The predicted octanol–water partition coefficient (Wildman–Crippen LogP) is 3.24. The van der Waals surface area contributed by atoms with Crippen LogP contribution in [0, 0.1) is 11.3 Å². The lowest BCUT2D eigenvalue weighted by Gasteiger charge is -2.13. The molecule has 33 heavy (non-hydrogen) atoms. The van der Waals surface area contributed by atoms with Gasteiger partial charge in [-0.2, -0.15) is 9.94 Å². The summed E-state index contributed by atoms with van der Waals surface area (Å²) in [5.41, 5.74) is 4.32. The van der Waals surface area contributed by atoms with Gasteiger partial charge >= 0.3 is 0 Å². The number of carbonyl (C=O) groups is 1. The Labute approximate surface area is 187 Å². The molecule has 1 amide bonds. The lowest BCUT2D eigenvalue weighted by Crippen LogP contribution is -2.13. The molecule has 10 nitrogen and oxygen atoms in total. The van der Waals surface area contributed by atoms with Gasteiger partial charge in [0.2, 0.25) is 0 Å². The molecule has 0 radical (unpaired) electrons. The highest BCUT2D eigenvalue weighted by Crippen LogP contribution is 2.27. The van der Waals surface area contributed by atoms with Crippen LogP contribution in [0.15, 0.2) is 73.3 Å². The van der Waals surface area contributed by atoms with Gasteiger partial charge in [-0.15, -0.1) is 5.10 Å². The number of nitrogens with zero attached hydrogens (tertiary/aromatic N) is 6. The number of aromatic nitrogens is 6. The highest BCUT2D eigenvalue weighted by atomic mass is 16.5. The van der Waals surface area contributed by atoms with Crippen LogP contribution in [-0.4, -0.2) is 36.1 Å². The number of hydrogen-bond donors (Lipinski definition) is 2. The topological polar surface area (TPSA) is 134 Å². The maximum atomic E-state index is 12.9. The largest absolute Gasteiger partial charge is 0.487 e. The number of amides is 1. The molecule has 0 unspecified atom stereocenters. The van der Waals surface area contributed by atoms with Gasteiger partial charge in [-0.3, -0.25) is 4.79 Å². The Bertz CT molecular complexity index is 1480. The van der Waals surface area contributed by atoms with Crippen molar-refractivity contribution < 1.29 is 9.53 Å². The van der Waals surface area contributed by atoms with Crippen molar-refractivity contribution in [1.29, 1.82) is 5.26 Å². The van der Waals surface area contributed by atoms with Crippen LogP contribution in [-0.2, 0) is 6.61 Å². The molecule has 0 aliphatic rings. The minimum atomic E-state index is -0.294. The third-order valence-corrected chi connectivity index (χ3v) is 4.96. The van der Waals surface area contributed by atoms with Crippen LogP contribution in [0.3, 0.4) is 0 Å². The quantitative estimate of drug-likeness (QED) is 0.417. The molecular weight excluding hydrogens is 420 g/mol. The molecule has 2 N–H and O–H groups in total. The number of fused-ring (bicyclic) bond motifs is 1. The van der Waals surface area contributed by atoms with E-state index >= 15 is 0 Å². The van der Waals surface area contributed by atoms with E-state index in [1.807, 2.05) is 12.1 Å². The Morgan fingerprint density at radius 1 is 1.15 bits per heavy atom. The summed E-state index contributed by atoms with van der Waals surface area (Å²) in [4.78, 5) is 20.1. The number of ether oxygens (including phenoxy) is 1. The standard InChI is InChI=1S/C23H16N8O2/c24-11-15-3-1-4-16(9-15)12-33-21-8-7-17(10-20(21)31-14-27-29-30-31)28-23(32)18-5-2-6-19-22(18)26-13-25-19/h1-10,13-14H,12H2,(H,25,26)(H,28,32). The number of nitriles is 1. The van der Waals surface area contributed by atoms with Gasteiger partial charge in [0.25, 0.3) is 5.91 Å². The summed E-state index contributed by atoms with van der Waals surface area (Å²) >= 11 is 0. The van der Waals surface area contributed by atoms with Crippen LogP contribution in [0.5, 0.6) is 5.75 Å². The average molecular weight is 436 g/mol. The van der Waals surface area contributed by atoms with Gasteiger partial charge in [-0.05, 0) is 58.5 Å². The molecule has 160 valence electrons. The Kier molecular flexibility index (Phi) is 5.19.